The number of phenols is 4. The summed E-state index contributed by atoms with van der Waals surface area (Å²) in [7, 11) is 0. The van der Waals surface area contributed by atoms with Crippen molar-refractivity contribution in [3.8, 4) is 23.0 Å². The lowest BCUT2D eigenvalue weighted by atomic mass is 10.1. The van der Waals surface area contributed by atoms with Gasteiger partial charge in [0.2, 0.25) is 0 Å². The maximum atomic E-state index is 10.7. The third-order valence-electron chi connectivity index (χ3n) is 5.80. The van der Waals surface area contributed by atoms with E-state index >= 15 is 0 Å². The zero-order valence-electron chi connectivity index (χ0n) is 20.3. The Labute approximate surface area is 215 Å². The van der Waals surface area contributed by atoms with Crippen LogP contribution in [0.2, 0.25) is 0 Å². The third kappa shape index (κ3) is 7.72. The first-order valence-corrected chi connectivity index (χ1v) is 11.9. The van der Waals surface area contributed by atoms with Crippen molar-refractivity contribution < 1.29 is 34.6 Å². The number of hydrogen-bond acceptors (Lipinski definition) is 7. The Bertz CT molecular complexity index is 1280. The van der Waals surface area contributed by atoms with Crippen molar-refractivity contribution >= 4 is 0 Å². The summed E-state index contributed by atoms with van der Waals surface area (Å²) < 4.78 is 17.3. The van der Waals surface area contributed by atoms with Gasteiger partial charge in [-0.3, -0.25) is 0 Å². The van der Waals surface area contributed by atoms with Crippen molar-refractivity contribution in [1.82, 2.24) is 0 Å². The molecule has 4 N–H and O–H groups in total. The highest BCUT2D eigenvalue weighted by atomic mass is 16.5. The minimum Gasteiger partial charge on any atom is -0.508 e. The molecule has 0 aromatic heterocycles. The normalized spacial score (nSPS) is 11.0. The molecule has 0 bridgehead atoms. The molecule has 4 aromatic carbocycles. The highest BCUT2D eigenvalue weighted by Gasteiger charge is 2.10. The molecule has 0 saturated heterocycles. The summed E-state index contributed by atoms with van der Waals surface area (Å²) >= 11 is 0. The number of rotatable bonds is 12. The van der Waals surface area contributed by atoms with Crippen LogP contribution in [0, 0.1) is 0 Å². The van der Waals surface area contributed by atoms with Gasteiger partial charge in [-0.25, -0.2) is 0 Å². The molecule has 0 radical (unpaired) electrons. The summed E-state index contributed by atoms with van der Waals surface area (Å²) in [5.74, 6) is 0.663. The Balaban J connectivity index is 1.26. The van der Waals surface area contributed by atoms with Crippen molar-refractivity contribution in [1.29, 1.82) is 0 Å². The van der Waals surface area contributed by atoms with Crippen molar-refractivity contribution in [2.75, 3.05) is 0 Å². The predicted molar refractivity (Wildman–Crippen MR) is 138 cm³/mol. The van der Waals surface area contributed by atoms with Gasteiger partial charge in [-0.05, 0) is 53.1 Å². The van der Waals surface area contributed by atoms with Gasteiger partial charge in [-0.2, -0.15) is 0 Å². The maximum Gasteiger partial charge on any atom is 0.126 e. The summed E-state index contributed by atoms with van der Waals surface area (Å²) in [4.78, 5) is 0. The molecule has 0 unspecified atom stereocenters. The SMILES string of the molecule is Oc1ccc(COCc2ccc(O)c(COCc3cccc(COCc4ccc(O)cc4)c3O)c2)cc1. The molecule has 0 aliphatic rings. The van der Waals surface area contributed by atoms with E-state index in [0.29, 0.717) is 36.5 Å². The van der Waals surface area contributed by atoms with Gasteiger partial charge in [0.15, 0.2) is 0 Å². The van der Waals surface area contributed by atoms with Crippen molar-refractivity contribution in [2.45, 2.75) is 39.6 Å². The first kappa shape index (κ1) is 26.0. The average Bonchev–Trinajstić information content (AvgIpc) is 2.90. The van der Waals surface area contributed by atoms with Gasteiger partial charge < -0.3 is 34.6 Å². The van der Waals surface area contributed by atoms with Crippen LogP contribution in [0.5, 0.6) is 23.0 Å². The molecule has 0 amide bonds. The number of para-hydroxylation sites is 1. The number of ether oxygens (including phenoxy) is 3. The third-order valence-corrected chi connectivity index (χ3v) is 5.80. The lowest BCUT2D eigenvalue weighted by Gasteiger charge is -2.12. The second-order valence-corrected chi connectivity index (χ2v) is 8.70. The van der Waals surface area contributed by atoms with E-state index in [1.165, 1.54) is 0 Å². The first-order chi connectivity index (χ1) is 18.0. The molecule has 0 heterocycles. The van der Waals surface area contributed by atoms with Gasteiger partial charge in [-0.1, -0.05) is 48.5 Å². The second-order valence-electron chi connectivity index (χ2n) is 8.70. The quantitative estimate of drug-likeness (QED) is 0.198. The monoisotopic (exact) mass is 502 g/mol. The lowest BCUT2D eigenvalue weighted by molar-refractivity contribution is 0.0979. The van der Waals surface area contributed by atoms with E-state index in [4.69, 9.17) is 14.2 Å². The van der Waals surface area contributed by atoms with Crippen LogP contribution in [0.15, 0.2) is 84.9 Å². The lowest BCUT2D eigenvalue weighted by Crippen LogP contribution is -2.00. The van der Waals surface area contributed by atoms with E-state index in [9.17, 15) is 20.4 Å². The second kappa shape index (κ2) is 12.8. The summed E-state index contributed by atoms with van der Waals surface area (Å²) in [5.41, 5.74) is 4.66. The van der Waals surface area contributed by atoms with Gasteiger partial charge in [0.25, 0.3) is 0 Å². The summed E-state index contributed by atoms with van der Waals surface area (Å²) in [6.07, 6.45) is 0. The molecule has 0 atom stereocenters. The minimum absolute atomic E-state index is 0.119. The van der Waals surface area contributed by atoms with E-state index in [0.717, 1.165) is 16.7 Å². The number of hydrogen-bond donors (Lipinski definition) is 4. The van der Waals surface area contributed by atoms with Crippen LogP contribution >= 0.6 is 0 Å². The molecule has 0 aliphatic carbocycles. The first-order valence-electron chi connectivity index (χ1n) is 11.9. The van der Waals surface area contributed by atoms with Crippen molar-refractivity contribution in [3.05, 3.63) is 118 Å². The van der Waals surface area contributed by atoms with Gasteiger partial charge in [0, 0.05) is 16.7 Å². The van der Waals surface area contributed by atoms with E-state index in [1.807, 2.05) is 12.1 Å². The Hall–Kier alpha value is -4.04. The fourth-order valence-corrected chi connectivity index (χ4v) is 3.74. The Kier molecular flexibility index (Phi) is 8.99. The highest BCUT2D eigenvalue weighted by Crippen LogP contribution is 2.26. The molecule has 0 fully saturated rings. The zero-order chi connectivity index (χ0) is 26.0. The number of benzene rings is 4. The molecule has 37 heavy (non-hydrogen) atoms. The standard InChI is InChI=1S/C30H30O7/c31-27-9-4-21(5-10-27)15-35-17-23-8-13-29(33)26(14-23)20-37-19-25-3-1-2-24(30(25)34)18-36-16-22-6-11-28(32)12-7-22/h1-14,31-34H,15-20H2. The molecule has 0 aliphatic heterocycles. The smallest absolute Gasteiger partial charge is 0.126 e. The average molecular weight is 503 g/mol. The van der Waals surface area contributed by atoms with Crippen LogP contribution in [0.1, 0.15) is 33.4 Å². The van der Waals surface area contributed by atoms with E-state index in [1.54, 1.807) is 72.8 Å². The molecule has 0 spiro atoms. The molecule has 192 valence electrons. The molecule has 0 saturated carbocycles. The fraction of sp³-hybridized carbons (Fsp3) is 0.200. The molecular formula is C30H30O7. The van der Waals surface area contributed by atoms with Gasteiger partial charge in [0.05, 0.1) is 39.6 Å². The Morgan fingerprint density at radius 2 is 0.865 bits per heavy atom. The Morgan fingerprint density at radius 3 is 1.43 bits per heavy atom. The Morgan fingerprint density at radius 1 is 0.432 bits per heavy atom. The highest BCUT2D eigenvalue weighted by molar-refractivity contribution is 5.40. The predicted octanol–water partition coefficient (Wildman–Crippen LogP) is 5.66. The largest absolute Gasteiger partial charge is 0.508 e. The number of aromatic hydroxyl groups is 4. The fourth-order valence-electron chi connectivity index (χ4n) is 3.74. The molecule has 7 nitrogen and oxygen atoms in total. The molecule has 7 heteroatoms. The summed E-state index contributed by atoms with van der Waals surface area (Å²) in [6, 6.07) is 24.3. The molecular weight excluding hydrogens is 472 g/mol. The summed E-state index contributed by atoms with van der Waals surface area (Å²) in [5, 5.41) is 39.6. The summed E-state index contributed by atoms with van der Waals surface area (Å²) in [6.45, 7) is 1.68. The number of phenolic OH excluding ortho intramolecular Hbond substituents is 4. The van der Waals surface area contributed by atoms with E-state index in [-0.39, 0.29) is 42.8 Å². The topological polar surface area (TPSA) is 109 Å². The maximum absolute atomic E-state index is 10.7. The van der Waals surface area contributed by atoms with E-state index < -0.39 is 0 Å². The van der Waals surface area contributed by atoms with Crippen LogP contribution in [0.25, 0.3) is 0 Å². The van der Waals surface area contributed by atoms with Crippen LogP contribution in [-0.2, 0) is 53.9 Å². The van der Waals surface area contributed by atoms with Gasteiger partial charge >= 0.3 is 0 Å². The minimum atomic E-state index is 0.119. The van der Waals surface area contributed by atoms with Crippen molar-refractivity contribution in [3.63, 3.8) is 0 Å². The van der Waals surface area contributed by atoms with Gasteiger partial charge in [-0.15, -0.1) is 0 Å². The van der Waals surface area contributed by atoms with Gasteiger partial charge in [0.1, 0.15) is 23.0 Å². The van der Waals surface area contributed by atoms with Crippen molar-refractivity contribution in [2.24, 2.45) is 0 Å². The van der Waals surface area contributed by atoms with Crippen LogP contribution in [0.4, 0.5) is 0 Å². The van der Waals surface area contributed by atoms with Crippen LogP contribution < -0.4 is 0 Å². The van der Waals surface area contributed by atoms with E-state index in [2.05, 4.69) is 0 Å². The molecule has 4 aromatic rings. The molecule has 4 rings (SSSR count). The van der Waals surface area contributed by atoms with Crippen LogP contribution in [0.3, 0.4) is 0 Å². The van der Waals surface area contributed by atoms with Crippen LogP contribution in [-0.4, -0.2) is 20.4 Å². The zero-order valence-corrected chi connectivity index (χ0v) is 20.3.